The molecular formula is C15H19NO4. The number of carbonyl (C=O) groups is 2. The van der Waals surface area contributed by atoms with E-state index in [0.29, 0.717) is 18.6 Å². The lowest BCUT2D eigenvalue weighted by Gasteiger charge is -2.14. The quantitative estimate of drug-likeness (QED) is 0.834. The number of ether oxygens (including phenoxy) is 1. The lowest BCUT2D eigenvalue weighted by Crippen LogP contribution is -2.40. The van der Waals surface area contributed by atoms with Gasteiger partial charge in [-0.2, -0.15) is 0 Å². The van der Waals surface area contributed by atoms with Crippen LogP contribution in [0, 0.1) is 0 Å². The van der Waals surface area contributed by atoms with Crippen molar-refractivity contribution in [2.24, 2.45) is 0 Å². The van der Waals surface area contributed by atoms with Crippen LogP contribution in [-0.4, -0.2) is 29.6 Å². The van der Waals surface area contributed by atoms with Gasteiger partial charge in [-0.3, -0.25) is 4.79 Å². The highest BCUT2D eigenvalue weighted by atomic mass is 16.5. The molecule has 0 bridgehead atoms. The van der Waals surface area contributed by atoms with Gasteiger partial charge in [-0.05, 0) is 30.2 Å². The first kappa shape index (κ1) is 14.4. The third-order valence-electron chi connectivity index (χ3n) is 3.40. The zero-order valence-corrected chi connectivity index (χ0v) is 11.5. The first-order valence-electron chi connectivity index (χ1n) is 6.91. The Bertz CT molecular complexity index is 513. The molecule has 0 fully saturated rings. The van der Waals surface area contributed by atoms with E-state index in [2.05, 4.69) is 5.32 Å². The van der Waals surface area contributed by atoms with Gasteiger partial charge >= 0.3 is 5.97 Å². The standard InChI is InChI=1S/C15H19NO4/c1-2-3-4-12(15(18)19)16-14(17)11-5-6-13-10(9-11)7-8-20-13/h5-6,9,12H,2-4,7-8H2,1H3,(H,16,17)(H,18,19). The van der Waals surface area contributed by atoms with Crippen molar-refractivity contribution in [2.75, 3.05) is 6.61 Å². The number of nitrogens with one attached hydrogen (secondary N) is 1. The molecule has 1 atom stereocenters. The van der Waals surface area contributed by atoms with E-state index in [0.717, 1.165) is 30.6 Å². The summed E-state index contributed by atoms with van der Waals surface area (Å²) >= 11 is 0. The van der Waals surface area contributed by atoms with Crippen LogP contribution in [0.1, 0.15) is 42.1 Å². The Labute approximate surface area is 117 Å². The lowest BCUT2D eigenvalue weighted by atomic mass is 10.1. The topological polar surface area (TPSA) is 75.6 Å². The number of fused-ring (bicyclic) bond motifs is 1. The van der Waals surface area contributed by atoms with Gasteiger partial charge in [0.05, 0.1) is 6.61 Å². The zero-order valence-electron chi connectivity index (χ0n) is 11.5. The second-order valence-electron chi connectivity index (χ2n) is 4.93. The highest BCUT2D eigenvalue weighted by Gasteiger charge is 2.21. The molecule has 0 aliphatic carbocycles. The van der Waals surface area contributed by atoms with Gasteiger partial charge < -0.3 is 15.2 Å². The van der Waals surface area contributed by atoms with E-state index in [4.69, 9.17) is 9.84 Å². The van der Waals surface area contributed by atoms with Crippen molar-refractivity contribution in [1.82, 2.24) is 5.32 Å². The third kappa shape index (κ3) is 3.29. The average Bonchev–Trinajstić information content (AvgIpc) is 2.90. The molecule has 0 radical (unpaired) electrons. The minimum absolute atomic E-state index is 0.344. The van der Waals surface area contributed by atoms with Crippen molar-refractivity contribution in [3.8, 4) is 5.75 Å². The molecule has 0 saturated heterocycles. The van der Waals surface area contributed by atoms with E-state index in [-0.39, 0.29) is 5.91 Å². The van der Waals surface area contributed by atoms with Gasteiger partial charge in [-0.15, -0.1) is 0 Å². The molecule has 0 aromatic heterocycles. The zero-order chi connectivity index (χ0) is 14.5. The van der Waals surface area contributed by atoms with E-state index >= 15 is 0 Å². The number of hydrogen-bond acceptors (Lipinski definition) is 3. The van der Waals surface area contributed by atoms with Crippen LogP contribution in [0.15, 0.2) is 18.2 Å². The summed E-state index contributed by atoms with van der Waals surface area (Å²) in [5.74, 6) is -0.526. The second-order valence-corrected chi connectivity index (χ2v) is 4.93. The number of amides is 1. The number of aliphatic carboxylic acids is 1. The lowest BCUT2D eigenvalue weighted by molar-refractivity contribution is -0.139. The SMILES string of the molecule is CCCCC(NC(=O)c1ccc2c(c1)CCO2)C(=O)O. The number of benzene rings is 1. The number of unbranched alkanes of at least 4 members (excludes halogenated alkanes) is 1. The summed E-state index contributed by atoms with van der Waals surface area (Å²) in [5, 5.41) is 11.7. The summed E-state index contributed by atoms with van der Waals surface area (Å²) in [5.41, 5.74) is 1.48. The molecular weight excluding hydrogens is 258 g/mol. The van der Waals surface area contributed by atoms with E-state index in [1.54, 1.807) is 18.2 Å². The van der Waals surface area contributed by atoms with Gasteiger partial charge in [0.1, 0.15) is 11.8 Å². The number of rotatable bonds is 6. The first-order chi connectivity index (χ1) is 9.61. The number of carboxylic acids is 1. The second kappa shape index (κ2) is 6.41. The number of carboxylic acid groups (broad SMARTS) is 1. The smallest absolute Gasteiger partial charge is 0.326 e. The van der Waals surface area contributed by atoms with Crippen LogP contribution in [0.5, 0.6) is 5.75 Å². The Morgan fingerprint density at radius 2 is 2.25 bits per heavy atom. The molecule has 1 amide bonds. The number of hydrogen-bond donors (Lipinski definition) is 2. The molecule has 1 aliphatic heterocycles. The van der Waals surface area contributed by atoms with Crippen molar-refractivity contribution in [3.63, 3.8) is 0 Å². The van der Waals surface area contributed by atoms with Gasteiger partial charge in [0.25, 0.3) is 5.91 Å². The van der Waals surface area contributed by atoms with Crippen molar-refractivity contribution in [2.45, 2.75) is 38.6 Å². The largest absolute Gasteiger partial charge is 0.493 e. The minimum atomic E-state index is -0.990. The van der Waals surface area contributed by atoms with Crippen molar-refractivity contribution in [3.05, 3.63) is 29.3 Å². The fourth-order valence-corrected chi connectivity index (χ4v) is 2.24. The Morgan fingerprint density at radius 3 is 2.95 bits per heavy atom. The molecule has 1 unspecified atom stereocenters. The molecule has 108 valence electrons. The first-order valence-corrected chi connectivity index (χ1v) is 6.91. The summed E-state index contributed by atoms with van der Waals surface area (Å²) in [6.07, 6.45) is 2.91. The van der Waals surface area contributed by atoms with E-state index < -0.39 is 12.0 Å². The van der Waals surface area contributed by atoms with Crippen molar-refractivity contribution >= 4 is 11.9 Å². The van der Waals surface area contributed by atoms with Gasteiger partial charge in [0.15, 0.2) is 0 Å². The van der Waals surface area contributed by atoms with Crippen LogP contribution in [0.3, 0.4) is 0 Å². The van der Waals surface area contributed by atoms with Gasteiger partial charge in [0.2, 0.25) is 0 Å². The molecule has 2 N–H and O–H groups in total. The predicted octanol–water partition coefficient (Wildman–Crippen LogP) is 1.99. The number of carbonyl (C=O) groups excluding carboxylic acids is 1. The molecule has 1 aromatic rings. The van der Waals surface area contributed by atoms with E-state index in [1.807, 2.05) is 6.92 Å². The van der Waals surface area contributed by atoms with Crippen LogP contribution in [-0.2, 0) is 11.2 Å². The molecule has 0 spiro atoms. The van der Waals surface area contributed by atoms with Gasteiger partial charge in [0, 0.05) is 12.0 Å². The molecule has 1 heterocycles. The maximum atomic E-state index is 12.1. The Morgan fingerprint density at radius 1 is 1.45 bits per heavy atom. The van der Waals surface area contributed by atoms with Crippen LogP contribution in [0.25, 0.3) is 0 Å². The fraction of sp³-hybridized carbons (Fsp3) is 0.467. The molecule has 2 rings (SSSR count). The summed E-state index contributed by atoms with van der Waals surface area (Å²) in [6, 6.07) is 4.38. The molecule has 1 aromatic carbocycles. The third-order valence-corrected chi connectivity index (χ3v) is 3.40. The minimum Gasteiger partial charge on any atom is -0.493 e. The van der Waals surface area contributed by atoms with Crippen LogP contribution < -0.4 is 10.1 Å². The van der Waals surface area contributed by atoms with Crippen molar-refractivity contribution < 1.29 is 19.4 Å². The molecule has 5 nitrogen and oxygen atoms in total. The van der Waals surface area contributed by atoms with Crippen LogP contribution >= 0.6 is 0 Å². The fourth-order valence-electron chi connectivity index (χ4n) is 2.24. The van der Waals surface area contributed by atoms with Crippen LogP contribution in [0.2, 0.25) is 0 Å². The van der Waals surface area contributed by atoms with Crippen molar-refractivity contribution in [1.29, 1.82) is 0 Å². The van der Waals surface area contributed by atoms with Crippen LogP contribution in [0.4, 0.5) is 0 Å². The Hall–Kier alpha value is -2.04. The highest BCUT2D eigenvalue weighted by molar-refractivity contribution is 5.96. The normalized spacial score (nSPS) is 14.2. The monoisotopic (exact) mass is 277 g/mol. The predicted molar refractivity (Wildman–Crippen MR) is 74.1 cm³/mol. The summed E-state index contributed by atoms with van der Waals surface area (Å²) in [6.45, 7) is 2.62. The van der Waals surface area contributed by atoms with Gasteiger partial charge in [-0.1, -0.05) is 19.8 Å². The maximum absolute atomic E-state index is 12.1. The summed E-state index contributed by atoms with van der Waals surface area (Å²) in [4.78, 5) is 23.2. The molecule has 1 aliphatic rings. The average molecular weight is 277 g/mol. The Kier molecular flexibility index (Phi) is 4.61. The van der Waals surface area contributed by atoms with E-state index in [9.17, 15) is 9.59 Å². The molecule has 0 saturated carbocycles. The maximum Gasteiger partial charge on any atom is 0.326 e. The molecule has 20 heavy (non-hydrogen) atoms. The molecule has 5 heteroatoms. The van der Waals surface area contributed by atoms with E-state index in [1.165, 1.54) is 0 Å². The summed E-state index contributed by atoms with van der Waals surface area (Å²) < 4.78 is 5.38. The summed E-state index contributed by atoms with van der Waals surface area (Å²) in [7, 11) is 0. The highest BCUT2D eigenvalue weighted by Crippen LogP contribution is 2.25. The Balaban J connectivity index is 2.04. The van der Waals surface area contributed by atoms with Gasteiger partial charge in [-0.25, -0.2) is 4.79 Å².